The molecule has 0 bridgehead atoms. The first-order valence-corrected chi connectivity index (χ1v) is 7.08. The predicted molar refractivity (Wildman–Crippen MR) is 84.8 cm³/mol. The van der Waals surface area contributed by atoms with Crippen LogP contribution in [0.1, 0.15) is 39.3 Å². The molecule has 0 radical (unpaired) electrons. The Balaban J connectivity index is 1.91. The molecule has 0 spiro atoms. The molecular weight excluding hydrogens is 282 g/mol. The highest BCUT2D eigenvalue weighted by Gasteiger charge is 2.16. The molecule has 6 heteroatoms. The Morgan fingerprint density at radius 2 is 2.09 bits per heavy atom. The zero-order chi connectivity index (χ0) is 16.2. The maximum Gasteiger partial charge on any atom is 0.413 e. The molecule has 0 aromatic carbocycles. The normalized spacial score (nSPS) is 12.5. The largest absolute Gasteiger partial charge is 0.472 e. The number of rotatable bonds is 4. The van der Waals surface area contributed by atoms with Gasteiger partial charge in [-0.15, -0.1) is 0 Å². The molecule has 1 unspecified atom stereocenters. The lowest BCUT2D eigenvalue weighted by Crippen LogP contribution is -2.27. The molecule has 1 amide bonds. The lowest BCUT2D eigenvalue weighted by Gasteiger charge is -2.19. The third kappa shape index (κ3) is 4.80. The quantitative estimate of drug-likeness (QED) is 0.885. The third-order valence-corrected chi connectivity index (χ3v) is 2.82. The monoisotopic (exact) mass is 303 g/mol. The summed E-state index contributed by atoms with van der Waals surface area (Å²) < 4.78 is 10.2. The molecule has 118 valence electrons. The molecule has 0 aliphatic rings. The second-order valence-corrected chi connectivity index (χ2v) is 5.98. The van der Waals surface area contributed by atoms with Crippen molar-refractivity contribution in [3.8, 4) is 0 Å². The lowest BCUT2D eigenvalue weighted by molar-refractivity contribution is 0.0635. The van der Waals surface area contributed by atoms with Gasteiger partial charge in [0.05, 0.1) is 30.5 Å². The van der Waals surface area contributed by atoms with E-state index in [4.69, 9.17) is 9.15 Å². The van der Waals surface area contributed by atoms with E-state index < -0.39 is 11.7 Å². The van der Waals surface area contributed by atoms with Crippen LogP contribution in [0.2, 0.25) is 0 Å². The van der Waals surface area contributed by atoms with E-state index in [2.05, 4.69) is 15.6 Å². The highest BCUT2D eigenvalue weighted by atomic mass is 16.6. The number of aromatic nitrogens is 1. The van der Waals surface area contributed by atoms with Crippen LogP contribution >= 0.6 is 0 Å². The first kappa shape index (κ1) is 15.9. The van der Waals surface area contributed by atoms with Gasteiger partial charge < -0.3 is 14.5 Å². The molecule has 2 heterocycles. The maximum absolute atomic E-state index is 11.6. The maximum atomic E-state index is 11.6. The summed E-state index contributed by atoms with van der Waals surface area (Å²) in [7, 11) is 0. The minimum Gasteiger partial charge on any atom is -0.472 e. The van der Waals surface area contributed by atoms with Gasteiger partial charge in [-0.25, -0.2) is 9.78 Å². The number of pyridine rings is 1. The molecule has 0 fully saturated rings. The molecule has 2 aromatic rings. The number of amides is 1. The summed E-state index contributed by atoms with van der Waals surface area (Å²) in [6.45, 7) is 7.45. The molecule has 2 rings (SSSR count). The first-order chi connectivity index (χ1) is 10.3. The van der Waals surface area contributed by atoms with Crippen molar-refractivity contribution in [1.82, 2.24) is 4.98 Å². The molecule has 0 saturated heterocycles. The van der Waals surface area contributed by atoms with Crippen LogP contribution in [0.4, 0.5) is 16.3 Å². The Morgan fingerprint density at radius 1 is 1.32 bits per heavy atom. The van der Waals surface area contributed by atoms with Crippen LogP contribution in [0.5, 0.6) is 0 Å². The van der Waals surface area contributed by atoms with Gasteiger partial charge in [-0.2, -0.15) is 0 Å². The number of ether oxygens (including phenoxy) is 1. The summed E-state index contributed by atoms with van der Waals surface area (Å²) in [5.74, 6) is 0.441. The Morgan fingerprint density at radius 3 is 2.64 bits per heavy atom. The molecule has 1 atom stereocenters. The van der Waals surface area contributed by atoms with Gasteiger partial charge in [-0.3, -0.25) is 5.32 Å². The van der Waals surface area contributed by atoms with Crippen molar-refractivity contribution in [2.75, 3.05) is 10.6 Å². The Bertz CT molecular complexity index is 601. The fourth-order valence-electron chi connectivity index (χ4n) is 1.82. The van der Waals surface area contributed by atoms with Crippen LogP contribution in [0.15, 0.2) is 41.3 Å². The van der Waals surface area contributed by atoms with Crippen molar-refractivity contribution in [2.45, 2.75) is 39.3 Å². The van der Waals surface area contributed by atoms with Gasteiger partial charge >= 0.3 is 6.09 Å². The van der Waals surface area contributed by atoms with Gasteiger partial charge in [0, 0.05) is 5.56 Å². The average Bonchev–Trinajstić information content (AvgIpc) is 2.92. The highest BCUT2D eigenvalue weighted by Crippen LogP contribution is 2.20. The molecule has 0 aliphatic heterocycles. The molecule has 0 saturated carbocycles. The highest BCUT2D eigenvalue weighted by molar-refractivity contribution is 5.83. The minimum atomic E-state index is -0.536. The standard InChI is InChI=1S/C16H21N3O3/c1-11(12-7-8-21-10-12)18-13-5-6-14(17-9-13)19-15(20)22-16(2,3)4/h5-11,18H,1-4H3,(H,17,19,20). The van der Waals surface area contributed by atoms with Crippen LogP contribution in [-0.2, 0) is 4.74 Å². The average molecular weight is 303 g/mol. The molecule has 22 heavy (non-hydrogen) atoms. The number of anilines is 2. The van der Waals surface area contributed by atoms with E-state index in [1.165, 1.54) is 0 Å². The van der Waals surface area contributed by atoms with Crippen molar-refractivity contribution in [3.05, 3.63) is 42.5 Å². The van der Waals surface area contributed by atoms with Crippen molar-refractivity contribution >= 4 is 17.6 Å². The number of nitrogens with one attached hydrogen (secondary N) is 2. The first-order valence-electron chi connectivity index (χ1n) is 7.08. The number of carbonyl (C=O) groups is 1. The Hall–Kier alpha value is -2.50. The van der Waals surface area contributed by atoms with Gasteiger partial charge in [-0.1, -0.05) is 0 Å². The molecule has 0 aliphatic carbocycles. The van der Waals surface area contributed by atoms with Crippen LogP contribution in [-0.4, -0.2) is 16.7 Å². The van der Waals surface area contributed by atoms with Gasteiger partial charge in [0.15, 0.2) is 0 Å². The van der Waals surface area contributed by atoms with Crippen LogP contribution in [0.3, 0.4) is 0 Å². The van der Waals surface area contributed by atoms with Gasteiger partial charge in [0.1, 0.15) is 11.4 Å². The SMILES string of the molecule is CC(Nc1ccc(NC(=O)OC(C)(C)C)nc1)c1ccoc1. The molecular formula is C16H21N3O3. The molecule has 2 N–H and O–H groups in total. The smallest absolute Gasteiger partial charge is 0.413 e. The molecule has 6 nitrogen and oxygen atoms in total. The summed E-state index contributed by atoms with van der Waals surface area (Å²) in [5.41, 5.74) is 1.37. The van der Waals surface area contributed by atoms with E-state index in [0.29, 0.717) is 5.82 Å². The zero-order valence-corrected chi connectivity index (χ0v) is 13.2. The second kappa shape index (κ2) is 6.51. The number of hydrogen-bond donors (Lipinski definition) is 2. The topological polar surface area (TPSA) is 76.4 Å². The number of furan rings is 1. The zero-order valence-electron chi connectivity index (χ0n) is 13.2. The van der Waals surface area contributed by atoms with Crippen molar-refractivity contribution in [2.24, 2.45) is 0 Å². The van der Waals surface area contributed by atoms with Gasteiger partial charge in [0.2, 0.25) is 0 Å². The van der Waals surface area contributed by atoms with Crippen LogP contribution < -0.4 is 10.6 Å². The number of hydrogen-bond acceptors (Lipinski definition) is 5. The van der Waals surface area contributed by atoms with Crippen molar-refractivity contribution in [3.63, 3.8) is 0 Å². The van der Waals surface area contributed by atoms with E-state index in [1.807, 2.05) is 39.8 Å². The van der Waals surface area contributed by atoms with Crippen LogP contribution in [0, 0.1) is 0 Å². The summed E-state index contributed by atoms with van der Waals surface area (Å²) in [6.07, 6.45) is 4.47. The van der Waals surface area contributed by atoms with Gasteiger partial charge in [-0.05, 0) is 45.9 Å². The van der Waals surface area contributed by atoms with E-state index >= 15 is 0 Å². The summed E-state index contributed by atoms with van der Waals surface area (Å²) >= 11 is 0. The van der Waals surface area contributed by atoms with E-state index in [1.54, 1.807) is 24.8 Å². The lowest BCUT2D eigenvalue weighted by atomic mass is 10.2. The summed E-state index contributed by atoms with van der Waals surface area (Å²) in [6, 6.07) is 5.57. The second-order valence-electron chi connectivity index (χ2n) is 5.98. The Labute approximate surface area is 129 Å². The minimum absolute atomic E-state index is 0.102. The third-order valence-electron chi connectivity index (χ3n) is 2.82. The number of nitrogens with zero attached hydrogens (tertiary/aromatic N) is 1. The fourth-order valence-corrected chi connectivity index (χ4v) is 1.82. The Kier molecular flexibility index (Phi) is 4.70. The van der Waals surface area contributed by atoms with Crippen molar-refractivity contribution < 1.29 is 13.9 Å². The van der Waals surface area contributed by atoms with E-state index in [0.717, 1.165) is 11.3 Å². The van der Waals surface area contributed by atoms with E-state index in [-0.39, 0.29) is 6.04 Å². The molecule has 2 aromatic heterocycles. The fraction of sp³-hybridized carbons (Fsp3) is 0.375. The summed E-state index contributed by atoms with van der Waals surface area (Å²) in [4.78, 5) is 15.8. The summed E-state index contributed by atoms with van der Waals surface area (Å²) in [5, 5.41) is 5.89. The number of carbonyl (C=O) groups excluding carboxylic acids is 1. The van der Waals surface area contributed by atoms with Gasteiger partial charge in [0.25, 0.3) is 0 Å². The predicted octanol–water partition coefficient (Wildman–Crippen LogP) is 4.19. The van der Waals surface area contributed by atoms with Crippen LogP contribution in [0.25, 0.3) is 0 Å². The van der Waals surface area contributed by atoms with Crippen molar-refractivity contribution in [1.29, 1.82) is 0 Å². The van der Waals surface area contributed by atoms with E-state index in [9.17, 15) is 4.79 Å².